The van der Waals surface area contributed by atoms with Crippen LogP contribution in [0, 0.1) is 5.92 Å². The lowest BCUT2D eigenvalue weighted by Gasteiger charge is -2.36. The largest absolute Gasteiger partial charge is 0.497 e. The molecule has 0 bridgehead atoms. The lowest BCUT2D eigenvalue weighted by molar-refractivity contribution is -0.132. The van der Waals surface area contributed by atoms with Gasteiger partial charge in [0.1, 0.15) is 11.9 Å². The summed E-state index contributed by atoms with van der Waals surface area (Å²) < 4.78 is 11.2. The van der Waals surface area contributed by atoms with E-state index < -0.39 is 0 Å². The molecule has 6 heteroatoms. The summed E-state index contributed by atoms with van der Waals surface area (Å²) in [6.45, 7) is 4.60. The number of hydrogen-bond donors (Lipinski definition) is 1. The molecule has 2 atom stereocenters. The molecule has 2 aliphatic rings. The first-order valence-electron chi connectivity index (χ1n) is 11.6. The van der Waals surface area contributed by atoms with Crippen molar-refractivity contribution in [2.45, 2.75) is 31.8 Å². The van der Waals surface area contributed by atoms with Gasteiger partial charge in [-0.25, -0.2) is 0 Å². The van der Waals surface area contributed by atoms with Crippen molar-refractivity contribution in [2.75, 3.05) is 52.7 Å². The van der Waals surface area contributed by atoms with Crippen molar-refractivity contribution in [3.8, 4) is 5.75 Å². The van der Waals surface area contributed by atoms with E-state index in [2.05, 4.69) is 17.0 Å². The summed E-state index contributed by atoms with van der Waals surface area (Å²) >= 11 is 0. The van der Waals surface area contributed by atoms with Crippen LogP contribution in [0.5, 0.6) is 5.75 Å². The number of benzene rings is 2. The van der Waals surface area contributed by atoms with Gasteiger partial charge in [-0.15, -0.1) is 0 Å². The van der Waals surface area contributed by atoms with E-state index in [1.807, 2.05) is 35.2 Å². The van der Waals surface area contributed by atoms with Crippen LogP contribution in [-0.2, 0) is 22.4 Å². The quantitative estimate of drug-likeness (QED) is 0.673. The number of nitrogens with zero attached hydrogens (tertiary/aromatic N) is 2. The molecule has 2 unspecified atom stereocenters. The van der Waals surface area contributed by atoms with Crippen molar-refractivity contribution >= 4 is 11.6 Å². The molecule has 0 aliphatic carbocycles. The van der Waals surface area contributed by atoms with Gasteiger partial charge in [-0.1, -0.05) is 18.2 Å². The number of carbonyl (C=O) groups is 1. The predicted molar refractivity (Wildman–Crippen MR) is 127 cm³/mol. The van der Waals surface area contributed by atoms with Gasteiger partial charge in [-0.3, -0.25) is 4.79 Å². The van der Waals surface area contributed by atoms with Gasteiger partial charge in [0.05, 0.1) is 20.1 Å². The number of hydrogen-bond acceptors (Lipinski definition) is 5. The lowest BCUT2D eigenvalue weighted by Crippen LogP contribution is -2.44. The van der Waals surface area contributed by atoms with Crippen molar-refractivity contribution in [1.82, 2.24) is 9.80 Å². The summed E-state index contributed by atoms with van der Waals surface area (Å²) in [5.41, 5.74) is 10.0. The Bertz CT molecular complexity index is 915. The molecule has 172 valence electrons. The van der Waals surface area contributed by atoms with Crippen molar-refractivity contribution in [1.29, 1.82) is 0 Å². The number of anilines is 1. The zero-order valence-corrected chi connectivity index (χ0v) is 19.3. The molecule has 2 aliphatic heterocycles. The third kappa shape index (κ3) is 5.43. The van der Waals surface area contributed by atoms with Gasteiger partial charge < -0.3 is 25.0 Å². The first-order chi connectivity index (χ1) is 15.6. The molecule has 6 nitrogen and oxygen atoms in total. The van der Waals surface area contributed by atoms with E-state index >= 15 is 0 Å². The van der Waals surface area contributed by atoms with Crippen LogP contribution in [0.2, 0.25) is 0 Å². The third-order valence-corrected chi connectivity index (χ3v) is 6.84. The average molecular weight is 438 g/mol. The van der Waals surface area contributed by atoms with Gasteiger partial charge >= 0.3 is 0 Å². The molecule has 2 aromatic rings. The van der Waals surface area contributed by atoms with Gasteiger partial charge in [-0.2, -0.15) is 0 Å². The van der Waals surface area contributed by atoms with Gasteiger partial charge in [0.2, 0.25) is 5.91 Å². The van der Waals surface area contributed by atoms with Gasteiger partial charge in [0, 0.05) is 32.4 Å². The van der Waals surface area contributed by atoms with Crippen molar-refractivity contribution in [3.63, 3.8) is 0 Å². The van der Waals surface area contributed by atoms with Crippen LogP contribution < -0.4 is 10.5 Å². The smallest absolute Gasteiger partial charge is 0.227 e. The van der Waals surface area contributed by atoms with Crippen LogP contribution in [0.1, 0.15) is 35.6 Å². The number of rotatable bonds is 7. The lowest BCUT2D eigenvalue weighted by atomic mass is 9.96. The Morgan fingerprint density at radius 3 is 2.66 bits per heavy atom. The highest BCUT2D eigenvalue weighted by Crippen LogP contribution is 2.31. The Morgan fingerprint density at radius 2 is 1.91 bits per heavy atom. The predicted octanol–water partition coefficient (Wildman–Crippen LogP) is 3.30. The number of ether oxygens (including phenoxy) is 2. The standard InChI is InChI=1S/C26H35N3O3/c1-31-23-10-7-21-14-26(30)29(18-25(32-2)24(21)15-23)17-20-4-3-12-28(16-20)13-11-19-5-8-22(27)9-6-19/h5-10,15,20,25H,3-4,11-14,16-18,27H2,1-2H3. The maximum Gasteiger partial charge on any atom is 0.227 e. The van der Waals surface area contributed by atoms with Gasteiger partial charge in [0.15, 0.2) is 0 Å². The molecule has 1 amide bonds. The molecule has 2 aromatic carbocycles. The first-order valence-corrected chi connectivity index (χ1v) is 11.6. The second-order valence-electron chi connectivity index (χ2n) is 9.07. The molecule has 0 radical (unpaired) electrons. The van der Waals surface area contributed by atoms with Crippen LogP contribution in [0.15, 0.2) is 42.5 Å². The van der Waals surface area contributed by atoms with Gasteiger partial charge in [-0.05, 0) is 72.7 Å². The average Bonchev–Trinajstić information content (AvgIpc) is 2.94. The van der Waals surface area contributed by atoms with Crippen molar-refractivity contribution in [2.24, 2.45) is 5.92 Å². The topological polar surface area (TPSA) is 68.0 Å². The summed E-state index contributed by atoms with van der Waals surface area (Å²) in [4.78, 5) is 17.7. The minimum absolute atomic E-state index is 0.128. The molecule has 0 spiro atoms. The fraction of sp³-hybridized carbons (Fsp3) is 0.500. The Hall–Kier alpha value is -2.57. The molecule has 1 saturated heterocycles. The van der Waals surface area contributed by atoms with E-state index in [4.69, 9.17) is 15.2 Å². The minimum atomic E-state index is -0.128. The maximum absolute atomic E-state index is 13.1. The van der Waals surface area contributed by atoms with E-state index in [0.29, 0.717) is 18.9 Å². The Kier molecular flexibility index (Phi) is 7.33. The number of methoxy groups -OCH3 is 2. The Morgan fingerprint density at radius 1 is 1.09 bits per heavy atom. The van der Waals surface area contributed by atoms with Crippen molar-refractivity contribution in [3.05, 3.63) is 59.2 Å². The number of carbonyl (C=O) groups excluding carboxylic acids is 1. The monoisotopic (exact) mass is 437 g/mol. The summed E-state index contributed by atoms with van der Waals surface area (Å²) in [6.07, 6.45) is 3.67. The Balaban J connectivity index is 1.37. The molecule has 0 aromatic heterocycles. The van der Waals surface area contributed by atoms with E-state index in [9.17, 15) is 4.79 Å². The molecule has 4 rings (SSSR count). The summed E-state index contributed by atoms with van der Waals surface area (Å²) in [6, 6.07) is 14.1. The fourth-order valence-corrected chi connectivity index (χ4v) is 5.00. The van der Waals surface area contributed by atoms with Crippen LogP contribution in [0.25, 0.3) is 0 Å². The second kappa shape index (κ2) is 10.4. The molecule has 2 heterocycles. The van der Waals surface area contributed by atoms with Crippen molar-refractivity contribution < 1.29 is 14.3 Å². The minimum Gasteiger partial charge on any atom is -0.497 e. The fourth-order valence-electron chi connectivity index (χ4n) is 5.00. The molecular weight excluding hydrogens is 402 g/mol. The first kappa shape index (κ1) is 22.6. The van der Waals surface area contributed by atoms with Crippen LogP contribution in [-0.4, -0.2) is 62.7 Å². The van der Waals surface area contributed by atoms with Crippen LogP contribution >= 0.6 is 0 Å². The molecule has 1 fully saturated rings. The second-order valence-corrected chi connectivity index (χ2v) is 9.07. The maximum atomic E-state index is 13.1. The molecule has 32 heavy (non-hydrogen) atoms. The van der Waals surface area contributed by atoms with Crippen LogP contribution in [0.3, 0.4) is 0 Å². The molecular formula is C26H35N3O3. The van der Waals surface area contributed by atoms with E-state index in [0.717, 1.165) is 55.2 Å². The van der Waals surface area contributed by atoms with Gasteiger partial charge in [0.25, 0.3) is 0 Å². The summed E-state index contributed by atoms with van der Waals surface area (Å²) in [5.74, 6) is 1.48. The Labute approximate surface area is 191 Å². The zero-order chi connectivity index (χ0) is 22.5. The number of likely N-dealkylation sites (tertiary alicyclic amines) is 1. The van der Waals surface area contributed by atoms with E-state index in [-0.39, 0.29) is 12.0 Å². The van der Waals surface area contributed by atoms with E-state index in [1.54, 1.807) is 14.2 Å². The summed E-state index contributed by atoms with van der Waals surface area (Å²) in [5, 5.41) is 0. The SMILES string of the molecule is COc1ccc2c(c1)C(OC)CN(CC1CCCN(CCc3ccc(N)cc3)C1)C(=O)C2. The highest BCUT2D eigenvalue weighted by molar-refractivity contribution is 5.80. The number of amides is 1. The van der Waals surface area contributed by atoms with E-state index in [1.165, 1.54) is 18.4 Å². The van der Waals surface area contributed by atoms with Crippen LogP contribution in [0.4, 0.5) is 5.69 Å². The number of fused-ring (bicyclic) bond motifs is 1. The number of nitrogens with two attached hydrogens (primary N) is 1. The highest BCUT2D eigenvalue weighted by Gasteiger charge is 2.30. The number of nitrogen functional groups attached to an aromatic ring is 1. The number of piperidine rings is 1. The highest BCUT2D eigenvalue weighted by atomic mass is 16.5. The molecule has 2 N–H and O–H groups in total. The molecule has 0 saturated carbocycles. The summed E-state index contributed by atoms with van der Waals surface area (Å²) in [7, 11) is 3.39. The third-order valence-electron chi connectivity index (χ3n) is 6.84. The zero-order valence-electron chi connectivity index (χ0n) is 19.3. The normalized spacial score (nSPS) is 21.8.